The van der Waals surface area contributed by atoms with Gasteiger partial charge < -0.3 is 44.9 Å². The Kier molecular flexibility index (Phi) is 5.70. The molecule has 170 valence electrons. The summed E-state index contributed by atoms with van der Waals surface area (Å²) in [5.74, 6) is -2.25. The van der Waals surface area contributed by atoms with E-state index in [2.05, 4.69) is 0 Å². The minimum atomic E-state index is -1.62. The first-order chi connectivity index (χ1) is 15.2. The van der Waals surface area contributed by atoms with Crippen molar-refractivity contribution in [2.75, 3.05) is 6.61 Å². The molecule has 0 saturated heterocycles. The van der Waals surface area contributed by atoms with Gasteiger partial charge in [-0.1, -0.05) is 0 Å². The van der Waals surface area contributed by atoms with Crippen molar-refractivity contribution in [1.82, 2.24) is 0 Å². The average Bonchev–Trinajstić information content (AvgIpc) is 2.75. The summed E-state index contributed by atoms with van der Waals surface area (Å²) in [6.07, 6.45) is -5.86. The second kappa shape index (κ2) is 8.32. The van der Waals surface area contributed by atoms with E-state index in [-0.39, 0.29) is 34.6 Å². The molecule has 1 aromatic heterocycles. The van der Waals surface area contributed by atoms with E-state index < -0.39 is 53.9 Å². The number of ether oxygens (including phenoxy) is 1. The molecule has 1 heterocycles. The van der Waals surface area contributed by atoms with Crippen LogP contribution in [0.5, 0.6) is 23.0 Å². The summed E-state index contributed by atoms with van der Waals surface area (Å²) >= 11 is 0. The molecule has 5 atom stereocenters. The molecule has 0 bridgehead atoms. The lowest BCUT2D eigenvalue weighted by Gasteiger charge is -2.39. The van der Waals surface area contributed by atoms with Gasteiger partial charge in [0.05, 0.1) is 6.10 Å². The second-order valence-corrected chi connectivity index (χ2v) is 7.78. The van der Waals surface area contributed by atoms with Crippen LogP contribution in [0, 0.1) is 5.92 Å². The number of phenolic OH excluding ortho intramolecular Hbond substituents is 3. The van der Waals surface area contributed by atoms with Gasteiger partial charge in [-0.3, -0.25) is 4.79 Å². The van der Waals surface area contributed by atoms with Crippen LogP contribution in [0.3, 0.4) is 0 Å². The molecule has 1 aliphatic carbocycles. The van der Waals surface area contributed by atoms with E-state index in [1.807, 2.05) is 0 Å². The quantitative estimate of drug-likeness (QED) is 0.297. The molecule has 4 rings (SSSR count). The van der Waals surface area contributed by atoms with Crippen LogP contribution in [0.25, 0.3) is 22.3 Å². The summed E-state index contributed by atoms with van der Waals surface area (Å²) in [7, 11) is 0. The van der Waals surface area contributed by atoms with Gasteiger partial charge in [-0.15, -0.1) is 0 Å². The minimum absolute atomic E-state index is 0.0414. The third-order valence-corrected chi connectivity index (χ3v) is 5.65. The number of fused-ring (bicyclic) bond motifs is 1. The Bertz CT molecular complexity index is 1180. The molecule has 0 radical (unpaired) electrons. The van der Waals surface area contributed by atoms with Crippen LogP contribution in [0.4, 0.5) is 0 Å². The number of hydrogen-bond acceptors (Lipinski definition) is 10. The van der Waals surface area contributed by atoms with E-state index in [1.54, 1.807) is 0 Å². The summed E-state index contributed by atoms with van der Waals surface area (Å²) in [6, 6.07) is 7.69. The molecule has 0 aliphatic heterocycles. The molecular formula is C22H22O10. The maximum Gasteiger partial charge on any atom is 0.239 e. The molecule has 10 nitrogen and oxygen atoms in total. The van der Waals surface area contributed by atoms with Crippen molar-refractivity contribution in [3.63, 3.8) is 0 Å². The van der Waals surface area contributed by atoms with Crippen molar-refractivity contribution in [2.24, 2.45) is 5.92 Å². The summed E-state index contributed by atoms with van der Waals surface area (Å²) in [5, 5.41) is 69.4. The van der Waals surface area contributed by atoms with Crippen LogP contribution in [-0.4, -0.2) is 66.8 Å². The standard InChI is InChI=1S/C22H22O10/c23-8-10-5-15(18(28)20(30)17(10)27)32-22-19(29)16-13(26)6-12(25)7-14(16)31-21(22)9-1-3-11(24)4-2-9/h1-4,6-7,10,15,17-18,20,23-28,30H,5,8H2/t10-,15-,17-,18+,20+/m1/s1. The zero-order valence-corrected chi connectivity index (χ0v) is 16.6. The van der Waals surface area contributed by atoms with Gasteiger partial charge in [-0.25, -0.2) is 0 Å². The molecule has 7 N–H and O–H groups in total. The molecule has 0 unspecified atom stereocenters. The Hall–Kier alpha value is -3.31. The zero-order chi connectivity index (χ0) is 23.2. The molecule has 0 amide bonds. The van der Waals surface area contributed by atoms with Crippen LogP contribution in [-0.2, 0) is 0 Å². The Labute approximate surface area is 180 Å². The zero-order valence-electron chi connectivity index (χ0n) is 16.6. The van der Waals surface area contributed by atoms with Crippen LogP contribution >= 0.6 is 0 Å². The number of aliphatic hydroxyl groups is 4. The summed E-state index contributed by atoms with van der Waals surface area (Å²) < 4.78 is 11.6. The Morgan fingerprint density at radius 3 is 2.28 bits per heavy atom. The van der Waals surface area contributed by atoms with Gasteiger partial charge in [0.2, 0.25) is 11.2 Å². The highest BCUT2D eigenvalue weighted by molar-refractivity contribution is 5.88. The van der Waals surface area contributed by atoms with Crippen molar-refractivity contribution >= 4 is 11.0 Å². The fourth-order valence-electron chi connectivity index (χ4n) is 3.91. The summed E-state index contributed by atoms with van der Waals surface area (Å²) in [4.78, 5) is 13.3. The van der Waals surface area contributed by atoms with Gasteiger partial charge in [0.15, 0.2) is 5.76 Å². The fraction of sp³-hybridized carbons (Fsp3) is 0.318. The van der Waals surface area contributed by atoms with E-state index in [9.17, 15) is 40.5 Å². The Balaban J connectivity index is 1.89. The average molecular weight is 446 g/mol. The van der Waals surface area contributed by atoms with Gasteiger partial charge in [0.25, 0.3) is 0 Å². The van der Waals surface area contributed by atoms with Crippen LogP contribution in [0.2, 0.25) is 0 Å². The number of phenols is 3. The van der Waals surface area contributed by atoms with Gasteiger partial charge in [0, 0.05) is 30.2 Å². The van der Waals surface area contributed by atoms with Crippen LogP contribution < -0.4 is 10.2 Å². The maximum atomic E-state index is 13.3. The number of benzene rings is 2. The molecule has 1 aliphatic rings. The first-order valence-electron chi connectivity index (χ1n) is 9.85. The van der Waals surface area contributed by atoms with Crippen molar-refractivity contribution in [1.29, 1.82) is 0 Å². The molecular weight excluding hydrogens is 424 g/mol. The molecule has 3 aromatic rings. The highest BCUT2D eigenvalue weighted by atomic mass is 16.5. The van der Waals surface area contributed by atoms with E-state index in [0.717, 1.165) is 12.1 Å². The lowest BCUT2D eigenvalue weighted by Crippen LogP contribution is -2.56. The lowest BCUT2D eigenvalue weighted by molar-refractivity contribution is -0.157. The Morgan fingerprint density at radius 2 is 1.62 bits per heavy atom. The summed E-state index contributed by atoms with van der Waals surface area (Å²) in [5.41, 5.74) is -0.625. The van der Waals surface area contributed by atoms with Crippen molar-refractivity contribution in [2.45, 2.75) is 30.8 Å². The van der Waals surface area contributed by atoms with Crippen molar-refractivity contribution in [3.05, 3.63) is 46.6 Å². The topological polar surface area (TPSA) is 181 Å². The SMILES string of the molecule is O=c1c(O[C@@H]2C[C@H](CO)[C@@H](O)[C@H](O)[C@H]2O)c(-c2ccc(O)cc2)oc2cc(O)cc(O)c12. The highest BCUT2D eigenvalue weighted by Crippen LogP contribution is 2.38. The number of aliphatic hydroxyl groups excluding tert-OH is 4. The predicted molar refractivity (Wildman–Crippen MR) is 111 cm³/mol. The molecule has 1 saturated carbocycles. The van der Waals surface area contributed by atoms with E-state index in [1.165, 1.54) is 24.3 Å². The van der Waals surface area contributed by atoms with Gasteiger partial charge in [-0.2, -0.15) is 0 Å². The van der Waals surface area contributed by atoms with Crippen molar-refractivity contribution < 1.29 is 44.9 Å². The molecule has 32 heavy (non-hydrogen) atoms. The first-order valence-corrected chi connectivity index (χ1v) is 9.85. The third kappa shape index (κ3) is 3.73. The van der Waals surface area contributed by atoms with E-state index >= 15 is 0 Å². The highest BCUT2D eigenvalue weighted by Gasteiger charge is 2.44. The van der Waals surface area contributed by atoms with E-state index in [0.29, 0.717) is 5.56 Å². The molecule has 2 aromatic carbocycles. The maximum absolute atomic E-state index is 13.3. The van der Waals surface area contributed by atoms with Crippen LogP contribution in [0.1, 0.15) is 6.42 Å². The van der Waals surface area contributed by atoms with Gasteiger partial charge in [0.1, 0.15) is 46.5 Å². The third-order valence-electron chi connectivity index (χ3n) is 5.65. The van der Waals surface area contributed by atoms with Crippen LogP contribution in [0.15, 0.2) is 45.6 Å². The molecule has 1 fully saturated rings. The monoisotopic (exact) mass is 446 g/mol. The smallest absolute Gasteiger partial charge is 0.239 e. The summed E-state index contributed by atoms with van der Waals surface area (Å²) in [6.45, 7) is -0.484. The molecule has 10 heteroatoms. The number of aromatic hydroxyl groups is 3. The predicted octanol–water partition coefficient (Wildman–Crippen LogP) is 0.419. The Morgan fingerprint density at radius 1 is 0.938 bits per heavy atom. The molecule has 0 spiro atoms. The first kappa shape index (κ1) is 21.9. The van der Waals surface area contributed by atoms with E-state index in [4.69, 9.17) is 9.15 Å². The number of hydrogen-bond donors (Lipinski definition) is 7. The minimum Gasteiger partial charge on any atom is -0.508 e. The lowest BCUT2D eigenvalue weighted by atomic mass is 9.81. The number of rotatable bonds is 4. The largest absolute Gasteiger partial charge is 0.508 e. The van der Waals surface area contributed by atoms with Gasteiger partial charge >= 0.3 is 0 Å². The second-order valence-electron chi connectivity index (χ2n) is 7.78. The normalized spacial score (nSPS) is 25.7. The van der Waals surface area contributed by atoms with Gasteiger partial charge in [-0.05, 0) is 30.7 Å². The fourth-order valence-corrected chi connectivity index (χ4v) is 3.91. The van der Waals surface area contributed by atoms with Crippen molar-refractivity contribution in [3.8, 4) is 34.3 Å².